The molecule has 0 bridgehead atoms. The van der Waals surface area contributed by atoms with E-state index in [0.717, 1.165) is 16.3 Å². The Morgan fingerprint density at radius 3 is 2.33 bits per heavy atom. The van der Waals surface area contributed by atoms with E-state index >= 15 is 0 Å². The fourth-order valence-corrected chi connectivity index (χ4v) is 5.35. The smallest absolute Gasteiger partial charge is 0.405 e. The standard InChI is InChI=1S/C30H35FN4O4/c1-3-25-19-34(27(28(36)32-2)18-21-8-11-22-6-4-5-7-23(22)16-21)14-15-35(25)29(37)26(33-30(38)39)17-20-9-12-24(31)13-10-20/h4-13,16,25-27,33H,3,14-15,17-19H2,1-2H3,(H,32,36)(H,38,39). The van der Waals surface area contributed by atoms with Crippen molar-refractivity contribution in [3.05, 3.63) is 83.7 Å². The summed E-state index contributed by atoms with van der Waals surface area (Å²) in [4.78, 5) is 41.9. The quantitative estimate of drug-likeness (QED) is 0.391. The van der Waals surface area contributed by atoms with Crippen LogP contribution in [0.1, 0.15) is 24.5 Å². The lowest BCUT2D eigenvalue weighted by molar-refractivity contribution is -0.140. The zero-order valence-electron chi connectivity index (χ0n) is 22.3. The average Bonchev–Trinajstić information content (AvgIpc) is 2.95. The van der Waals surface area contributed by atoms with Gasteiger partial charge in [-0.05, 0) is 46.9 Å². The monoisotopic (exact) mass is 534 g/mol. The number of hydrogen-bond acceptors (Lipinski definition) is 4. The second kappa shape index (κ2) is 12.7. The Bertz CT molecular complexity index is 1320. The van der Waals surface area contributed by atoms with Crippen molar-refractivity contribution in [3.8, 4) is 0 Å². The Balaban J connectivity index is 1.50. The van der Waals surface area contributed by atoms with Gasteiger partial charge in [-0.15, -0.1) is 0 Å². The van der Waals surface area contributed by atoms with Crippen LogP contribution in [0, 0.1) is 5.82 Å². The summed E-state index contributed by atoms with van der Waals surface area (Å²) in [6.07, 6.45) is -0.0000425. The van der Waals surface area contributed by atoms with Crippen LogP contribution in [0.15, 0.2) is 66.7 Å². The molecular formula is C30H35FN4O4. The molecule has 3 amide bonds. The van der Waals surface area contributed by atoms with Crippen molar-refractivity contribution in [2.24, 2.45) is 0 Å². The number of amides is 3. The van der Waals surface area contributed by atoms with Crippen LogP contribution in [-0.2, 0) is 22.4 Å². The number of piperazine rings is 1. The molecule has 1 heterocycles. The summed E-state index contributed by atoms with van der Waals surface area (Å²) in [6.45, 7) is 3.31. The van der Waals surface area contributed by atoms with Gasteiger partial charge in [0.2, 0.25) is 11.8 Å². The number of carbonyl (C=O) groups is 3. The van der Waals surface area contributed by atoms with Gasteiger partial charge in [0.05, 0.1) is 6.04 Å². The highest BCUT2D eigenvalue weighted by atomic mass is 19.1. The minimum Gasteiger partial charge on any atom is -0.465 e. The molecular weight excluding hydrogens is 499 g/mol. The van der Waals surface area contributed by atoms with E-state index < -0.39 is 24.0 Å². The summed E-state index contributed by atoms with van der Waals surface area (Å²) in [5, 5.41) is 16.8. The van der Waals surface area contributed by atoms with Gasteiger partial charge < -0.3 is 20.6 Å². The number of benzene rings is 3. The molecule has 3 aromatic carbocycles. The molecule has 0 radical (unpaired) electrons. The molecule has 3 aromatic rings. The molecule has 1 saturated heterocycles. The third-order valence-corrected chi connectivity index (χ3v) is 7.45. The molecule has 0 spiro atoms. The Kier molecular flexibility index (Phi) is 9.14. The molecule has 3 N–H and O–H groups in total. The Morgan fingerprint density at radius 1 is 0.974 bits per heavy atom. The molecule has 8 nitrogen and oxygen atoms in total. The number of rotatable bonds is 9. The molecule has 0 aromatic heterocycles. The molecule has 3 unspecified atom stereocenters. The summed E-state index contributed by atoms with van der Waals surface area (Å²) in [5.41, 5.74) is 1.71. The van der Waals surface area contributed by atoms with E-state index in [-0.39, 0.29) is 24.3 Å². The summed E-state index contributed by atoms with van der Waals surface area (Å²) in [6, 6.07) is 18.4. The summed E-state index contributed by atoms with van der Waals surface area (Å²) in [5.74, 6) is -0.803. The van der Waals surface area contributed by atoms with Crippen LogP contribution < -0.4 is 10.6 Å². The molecule has 0 saturated carbocycles. The van der Waals surface area contributed by atoms with Gasteiger partial charge in [-0.3, -0.25) is 14.5 Å². The fraction of sp³-hybridized carbons (Fsp3) is 0.367. The maximum atomic E-state index is 13.6. The Labute approximate surface area is 227 Å². The van der Waals surface area contributed by atoms with Gasteiger partial charge in [0.15, 0.2) is 0 Å². The molecule has 4 rings (SSSR count). The zero-order valence-corrected chi connectivity index (χ0v) is 22.3. The van der Waals surface area contributed by atoms with Crippen molar-refractivity contribution in [1.82, 2.24) is 20.4 Å². The normalized spacial score (nSPS) is 17.4. The largest absolute Gasteiger partial charge is 0.465 e. The van der Waals surface area contributed by atoms with Gasteiger partial charge in [0, 0.05) is 39.1 Å². The number of nitrogens with one attached hydrogen (secondary N) is 2. The lowest BCUT2D eigenvalue weighted by Gasteiger charge is -2.44. The maximum Gasteiger partial charge on any atom is 0.405 e. The van der Waals surface area contributed by atoms with E-state index in [1.165, 1.54) is 12.1 Å². The predicted molar refractivity (Wildman–Crippen MR) is 148 cm³/mol. The minimum absolute atomic E-state index is 0.0838. The summed E-state index contributed by atoms with van der Waals surface area (Å²) < 4.78 is 13.4. The second-order valence-corrected chi connectivity index (χ2v) is 9.94. The van der Waals surface area contributed by atoms with Crippen LogP contribution in [0.4, 0.5) is 9.18 Å². The number of halogens is 1. The van der Waals surface area contributed by atoms with Crippen molar-refractivity contribution in [1.29, 1.82) is 0 Å². The first-order valence-electron chi connectivity index (χ1n) is 13.3. The zero-order chi connectivity index (χ0) is 27.9. The number of nitrogens with zero attached hydrogens (tertiary/aromatic N) is 2. The highest BCUT2D eigenvalue weighted by molar-refractivity contribution is 5.86. The van der Waals surface area contributed by atoms with Gasteiger partial charge in [-0.1, -0.05) is 61.5 Å². The third kappa shape index (κ3) is 6.92. The van der Waals surface area contributed by atoms with Gasteiger partial charge in [-0.2, -0.15) is 0 Å². The molecule has 3 atom stereocenters. The van der Waals surface area contributed by atoms with Crippen LogP contribution in [0.5, 0.6) is 0 Å². The Morgan fingerprint density at radius 2 is 1.67 bits per heavy atom. The van der Waals surface area contributed by atoms with Crippen molar-refractivity contribution in [3.63, 3.8) is 0 Å². The number of carboxylic acid groups (broad SMARTS) is 1. The van der Waals surface area contributed by atoms with Gasteiger partial charge in [-0.25, -0.2) is 9.18 Å². The molecule has 1 aliphatic heterocycles. The highest BCUT2D eigenvalue weighted by Gasteiger charge is 2.37. The molecule has 9 heteroatoms. The van der Waals surface area contributed by atoms with Crippen molar-refractivity contribution < 1.29 is 23.9 Å². The number of hydrogen-bond donors (Lipinski definition) is 3. The predicted octanol–water partition coefficient (Wildman–Crippen LogP) is 3.44. The van der Waals surface area contributed by atoms with Gasteiger partial charge >= 0.3 is 6.09 Å². The first kappa shape index (κ1) is 28.0. The van der Waals surface area contributed by atoms with E-state index in [1.807, 2.05) is 25.1 Å². The second-order valence-electron chi connectivity index (χ2n) is 9.94. The lowest BCUT2D eigenvalue weighted by Crippen LogP contribution is -2.63. The third-order valence-electron chi connectivity index (χ3n) is 7.45. The van der Waals surface area contributed by atoms with Crippen molar-refractivity contribution in [2.75, 3.05) is 26.7 Å². The average molecular weight is 535 g/mol. The van der Waals surface area contributed by atoms with Gasteiger partial charge in [0.25, 0.3) is 0 Å². The number of fused-ring (bicyclic) bond motifs is 1. The molecule has 0 aliphatic carbocycles. The van der Waals surface area contributed by atoms with Crippen LogP contribution in [-0.4, -0.2) is 77.6 Å². The van der Waals surface area contributed by atoms with Gasteiger partial charge in [0.1, 0.15) is 11.9 Å². The minimum atomic E-state index is -1.29. The molecule has 206 valence electrons. The van der Waals surface area contributed by atoms with E-state index in [0.29, 0.717) is 38.0 Å². The first-order chi connectivity index (χ1) is 18.8. The molecule has 39 heavy (non-hydrogen) atoms. The summed E-state index contributed by atoms with van der Waals surface area (Å²) >= 11 is 0. The topological polar surface area (TPSA) is 102 Å². The lowest BCUT2D eigenvalue weighted by atomic mass is 9.97. The van der Waals surface area contributed by atoms with E-state index in [4.69, 9.17) is 0 Å². The maximum absolute atomic E-state index is 13.6. The Hall–Kier alpha value is -3.98. The molecule has 1 fully saturated rings. The van der Waals surface area contributed by atoms with Crippen molar-refractivity contribution in [2.45, 2.75) is 44.3 Å². The van der Waals surface area contributed by atoms with Crippen LogP contribution >= 0.6 is 0 Å². The summed E-state index contributed by atoms with van der Waals surface area (Å²) in [7, 11) is 1.63. The highest BCUT2D eigenvalue weighted by Crippen LogP contribution is 2.22. The van der Waals surface area contributed by atoms with E-state index in [2.05, 4.69) is 39.8 Å². The van der Waals surface area contributed by atoms with E-state index in [1.54, 1.807) is 24.1 Å². The fourth-order valence-electron chi connectivity index (χ4n) is 5.35. The number of carbonyl (C=O) groups excluding carboxylic acids is 2. The number of likely N-dealkylation sites (N-methyl/N-ethyl adjacent to an activating group) is 1. The van der Waals surface area contributed by atoms with Crippen molar-refractivity contribution >= 4 is 28.7 Å². The van der Waals surface area contributed by atoms with Crippen LogP contribution in [0.25, 0.3) is 10.8 Å². The SMILES string of the molecule is CCC1CN(C(Cc2ccc3ccccc3c2)C(=O)NC)CCN1C(=O)C(Cc1ccc(F)cc1)NC(=O)O. The first-order valence-corrected chi connectivity index (χ1v) is 13.3. The van der Waals surface area contributed by atoms with E-state index in [9.17, 15) is 23.9 Å². The molecule has 1 aliphatic rings. The van der Waals surface area contributed by atoms with Crippen LogP contribution in [0.2, 0.25) is 0 Å². The van der Waals surface area contributed by atoms with Crippen LogP contribution in [0.3, 0.4) is 0 Å².